The maximum atomic E-state index is 11.8. The normalized spacial score (nSPS) is 13.4. The molecular weight excluding hydrogens is 236 g/mol. The number of aryl methyl sites for hydroxylation is 2. The molecule has 1 unspecified atom stereocenters. The highest BCUT2D eigenvalue weighted by Gasteiger charge is 2.18. The van der Waals surface area contributed by atoms with Gasteiger partial charge >= 0.3 is 0 Å². The van der Waals surface area contributed by atoms with Crippen LogP contribution >= 0.6 is 0 Å². The molecule has 0 spiro atoms. The highest BCUT2D eigenvalue weighted by atomic mass is 32.2. The molecule has 0 fully saturated rings. The quantitative estimate of drug-likeness (QED) is 0.841. The topological polar surface area (TPSA) is 72.2 Å². The number of hydrogen-bond acceptors (Lipinski definition) is 3. The van der Waals surface area contributed by atoms with Crippen LogP contribution in [0.15, 0.2) is 18.2 Å². The van der Waals surface area contributed by atoms with Crippen LogP contribution < -0.4 is 10.5 Å². The molecule has 17 heavy (non-hydrogen) atoms. The first-order valence-corrected chi connectivity index (χ1v) is 7.26. The molecule has 5 heteroatoms. The van der Waals surface area contributed by atoms with E-state index in [1.54, 1.807) is 13.0 Å². The van der Waals surface area contributed by atoms with Crippen LogP contribution in [0.5, 0.6) is 0 Å². The predicted molar refractivity (Wildman–Crippen MR) is 71.6 cm³/mol. The van der Waals surface area contributed by atoms with Crippen LogP contribution in [0.4, 0.5) is 5.69 Å². The first-order chi connectivity index (χ1) is 7.90. The Morgan fingerprint density at radius 2 is 2.06 bits per heavy atom. The number of rotatable bonds is 5. The Morgan fingerprint density at radius 1 is 1.41 bits per heavy atom. The van der Waals surface area contributed by atoms with Crippen molar-refractivity contribution in [2.24, 2.45) is 5.73 Å². The summed E-state index contributed by atoms with van der Waals surface area (Å²) >= 11 is 0. The zero-order chi connectivity index (χ0) is 13.1. The summed E-state index contributed by atoms with van der Waals surface area (Å²) in [6.45, 7) is 5.75. The molecule has 0 saturated carbocycles. The lowest BCUT2D eigenvalue weighted by Crippen LogP contribution is -2.31. The van der Waals surface area contributed by atoms with Crippen molar-refractivity contribution in [1.29, 1.82) is 0 Å². The molecule has 3 N–H and O–H groups in total. The number of hydrogen-bond donors (Lipinski definition) is 2. The first-order valence-electron chi connectivity index (χ1n) is 5.72. The lowest BCUT2D eigenvalue weighted by atomic mass is 10.1. The lowest BCUT2D eigenvalue weighted by Gasteiger charge is -2.14. The van der Waals surface area contributed by atoms with Gasteiger partial charge in [0, 0.05) is 12.2 Å². The fourth-order valence-electron chi connectivity index (χ4n) is 1.55. The Hall–Kier alpha value is -1.07. The molecule has 1 aromatic rings. The molecule has 1 aromatic carbocycles. The monoisotopic (exact) mass is 256 g/mol. The van der Waals surface area contributed by atoms with Crippen molar-refractivity contribution in [2.75, 3.05) is 11.3 Å². The van der Waals surface area contributed by atoms with E-state index in [0.717, 1.165) is 12.0 Å². The molecule has 0 aliphatic rings. The van der Waals surface area contributed by atoms with Crippen molar-refractivity contribution in [1.82, 2.24) is 0 Å². The number of nitrogens with two attached hydrogens (primary N) is 1. The van der Waals surface area contributed by atoms with Gasteiger partial charge in [-0.05, 0) is 43.5 Å². The average Bonchev–Trinajstić information content (AvgIpc) is 2.27. The number of benzene rings is 1. The Kier molecular flexibility index (Phi) is 4.54. The van der Waals surface area contributed by atoms with Crippen LogP contribution in [-0.2, 0) is 16.4 Å². The molecule has 4 nitrogen and oxygen atoms in total. The van der Waals surface area contributed by atoms with Crippen LogP contribution in [0.3, 0.4) is 0 Å². The zero-order valence-electron chi connectivity index (χ0n) is 10.5. The number of anilines is 1. The van der Waals surface area contributed by atoms with Crippen molar-refractivity contribution in [3.05, 3.63) is 29.3 Å². The molecule has 0 aromatic heterocycles. The second kappa shape index (κ2) is 5.51. The van der Waals surface area contributed by atoms with Gasteiger partial charge in [-0.25, -0.2) is 8.42 Å². The molecule has 96 valence electrons. The number of sulfonamides is 1. The van der Waals surface area contributed by atoms with Gasteiger partial charge in [-0.2, -0.15) is 0 Å². The van der Waals surface area contributed by atoms with E-state index in [2.05, 4.69) is 11.6 Å². The maximum Gasteiger partial charge on any atom is 0.236 e. The van der Waals surface area contributed by atoms with Crippen LogP contribution in [0.2, 0.25) is 0 Å². The highest BCUT2D eigenvalue weighted by Crippen LogP contribution is 2.17. The van der Waals surface area contributed by atoms with Crippen LogP contribution in [0.1, 0.15) is 25.0 Å². The summed E-state index contributed by atoms with van der Waals surface area (Å²) in [5.41, 5.74) is 8.28. The molecule has 0 radical (unpaired) electrons. The maximum absolute atomic E-state index is 11.8. The van der Waals surface area contributed by atoms with Gasteiger partial charge in [-0.15, -0.1) is 0 Å². The summed E-state index contributed by atoms with van der Waals surface area (Å²) in [6.07, 6.45) is 0.943. The van der Waals surface area contributed by atoms with Crippen molar-refractivity contribution >= 4 is 15.7 Å². The third-order valence-electron chi connectivity index (χ3n) is 2.85. The summed E-state index contributed by atoms with van der Waals surface area (Å²) in [4.78, 5) is 0. The van der Waals surface area contributed by atoms with E-state index in [4.69, 9.17) is 5.73 Å². The average molecular weight is 256 g/mol. The van der Waals surface area contributed by atoms with Gasteiger partial charge in [-0.3, -0.25) is 4.72 Å². The summed E-state index contributed by atoms with van der Waals surface area (Å²) in [5.74, 6) is 0. The second-order valence-electron chi connectivity index (χ2n) is 4.19. The van der Waals surface area contributed by atoms with Crippen molar-refractivity contribution in [3.8, 4) is 0 Å². The smallest absolute Gasteiger partial charge is 0.236 e. The van der Waals surface area contributed by atoms with E-state index in [1.165, 1.54) is 5.56 Å². The van der Waals surface area contributed by atoms with E-state index >= 15 is 0 Å². The van der Waals surface area contributed by atoms with Gasteiger partial charge in [-0.1, -0.05) is 13.0 Å². The highest BCUT2D eigenvalue weighted by molar-refractivity contribution is 7.93. The summed E-state index contributed by atoms with van der Waals surface area (Å²) in [5, 5.41) is -0.589. The molecule has 0 aliphatic carbocycles. The largest absolute Gasteiger partial charge is 0.329 e. The lowest BCUT2D eigenvalue weighted by molar-refractivity contribution is 0.589. The third kappa shape index (κ3) is 3.44. The van der Waals surface area contributed by atoms with E-state index in [1.807, 2.05) is 19.1 Å². The van der Waals surface area contributed by atoms with Crippen LogP contribution in [-0.4, -0.2) is 20.2 Å². The second-order valence-corrected chi connectivity index (χ2v) is 6.29. The van der Waals surface area contributed by atoms with Gasteiger partial charge in [0.25, 0.3) is 0 Å². The molecule has 1 atom stereocenters. The molecule has 1 rings (SSSR count). The molecule has 0 amide bonds. The van der Waals surface area contributed by atoms with Crippen molar-refractivity contribution in [3.63, 3.8) is 0 Å². The standard InChI is InChI=1S/C12H20N2O2S/c1-4-11-5-6-12(7-9(11)2)14-17(15,16)10(3)8-13/h5-7,10,14H,4,8,13H2,1-3H3. The minimum absolute atomic E-state index is 0.112. The molecule has 0 aliphatic heterocycles. The minimum Gasteiger partial charge on any atom is -0.329 e. The summed E-state index contributed by atoms with van der Waals surface area (Å²) < 4.78 is 26.2. The van der Waals surface area contributed by atoms with E-state index in [9.17, 15) is 8.42 Å². The first kappa shape index (κ1) is 14.0. The van der Waals surface area contributed by atoms with E-state index in [0.29, 0.717) is 5.69 Å². The van der Waals surface area contributed by atoms with Gasteiger partial charge in [0.15, 0.2) is 0 Å². The Bertz CT molecular complexity index is 483. The van der Waals surface area contributed by atoms with Crippen LogP contribution in [0, 0.1) is 6.92 Å². The number of nitrogens with one attached hydrogen (secondary N) is 1. The van der Waals surface area contributed by atoms with Gasteiger partial charge in [0.05, 0.1) is 5.25 Å². The van der Waals surface area contributed by atoms with Gasteiger partial charge in [0.1, 0.15) is 0 Å². The van der Waals surface area contributed by atoms with Gasteiger partial charge in [0.2, 0.25) is 10.0 Å². The van der Waals surface area contributed by atoms with Crippen molar-refractivity contribution < 1.29 is 8.42 Å². The van der Waals surface area contributed by atoms with E-state index < -0.39 is 15.3 Å². The summed E-state index contributed by atoms with van der Waals surface area (Å²) in [7, 11) is -3.37. The fraction of sp³-hybridized carbons (Fsp3) is 0.500. The molecule has 0 saturated heterocycles. The Morgan fingerprint density at radius 3 is 2.53 bits per heavy atom. The molecule has 0 heterocycles. The SMILES string of the molecule is CCc1ccc(NS(=O)(=O)C(C)CN)cc1C. The summed E-state index contributed by atoms with van der Waals surface area (Å²) in [6, 6.07) is 5.58. The minimum atomic E-state index is -3.37. The van der Waals surface area contributed by atoms with E-state index in [-0.39, 0.29) is 6.54 Å². The predicted octanol–water partition coefficient (Wildman–Crippen LogP) is 1.65. The third-order valence-corrected chi connectivity index (χ3v) is 4.62. The molecular formula is C12H20N2O2S. The zero-order valence-corrected chi connectivity index (χ0v) is 11.3. The Labute approximate surface area is 103 Å². The van der Waals surface area contributed by atoms with Crippen molar-refractivity contribution in [2.45, 2.75) is 32.4 Å². The molecule has 0 bridgehead atoms. The van der Waals surface area contributed by atoms with Gasteiger partial charge < -0.3 is 5.73 Å². The van der Waals surface area contributed by atoms with Crippen LogP contribution in [0.25, 0.3) is 0 Å². The Balaban J connectivity index is 2.93. The fourth-order valence-corrected chi connectivity index (χ4v) is 2.46.